The number of nitrogens with two attached hydrogens (primary N) is 1. The van der Waals surface area contributed by atoms with Crippen molar-refractivity contribution in [2.24, 2.45) is 5.73 Å². The number of hydrogen-bond acceptors (Lipinski definition) is 5. The lowest BCUT2D eigenvalue weighted by atomic mass is 10.0. The first-order valence-corrected chi connectivity index (χ1v) is 8.19. The summed E-state index contributed by atoms with van der Waals surface area (Å²) in [5.74, 6) is -1.23. The van der Waals surface area contributed by atoms with E-state index in [1.807, 2.05) is 36.1 Å². The molecular formula is C18H21N3O4. The topological polar surface area (TPSA) is 120 Å². The molecule has 0 bridgehead atoms. The van der Waals surface area contributed by atoms with Crippen LogP contribution in [0.4, 0.5) is 5.69 Å². The molecule has 5 N–H and O–H groups in total. The van der Waals surface area contributed by atoms with Crippen LogP contribution in [0.25, 0.3) is 11.3 Å². The molecular weight excluding hydrogens is 322 g/mol. The van der Waals surface area contributed by atoms with Crippen LogP contribution in [0.2, 0.25) is 0 Å². The zero-order valence-corrected chi connectivity index (χ0v) is 13.9. The van der Waals surface area contributed by atoms with Gasteiger partial charge in [0.15, 0.2) is 0 Å². The highest BCUT2D eigenvalue weighted by Crippen LogP contribution is 2.26. The predicted molar refractivity (Wildman–Crippen MR) is 95.0 cm³/mol. The maximum Gasteiger partial charge on any atom is 0.341 e. The van der Waals surface area contributed by atoms with Gasteiger partial charge in [0.2, 0.25) is 0 Å². The van der Waals surface area contributed by atoms with E-state index in [0.29, 0.717) is 25.2 Å². The zero-order chi connectivity index (χ0) is 18.1. The van der Waals surface area contributed by atoms with Gasteiger partial charge in [0, 0.05) is 24.8 Å². The van der Waals surface area contributed by atoms with E-state index in [0.717, 1.165) is 16.8 Å². The van der Waals surface area contributed by atoms with Crippen molar-refractivity contribution in [1.82, 2.24) is 4.98 Å². The first-order valence-electron chi connectivity index (χ1n) is 8.19. The summed E-state index contributed by atoms with van der Waals surface area (Å²) in [5.41, 5.74) is 8.12. The summed E-state index contributed by atoms with van der Waals surface area (Å²) in [6.45, 7) is 2.99. The molecule has 132 valence electrons. The second-order valence-electron chi connectivity index (χ2n) is 6.25. The van der Waals surface area contributed by atoms with Crippen LogP contribution in [0, 0.1) is 0 Å². The molecule has 7 nitrogen and oxygen atoms in total. The van der Waals surface area contributed by atoms with Crippen LogP contribution in [0.3, 0.4) is 0 Å². The van der Waals surface area contributed by atoms with Crippen LogP contribution >= 0.6 is 0 Å². The van der Waals surface area contributed by atoms with E-state index in [1.54, 1.807) is 0 Å². The average molecular weight is 343 g/mol. The van der Waals surface area contributed by atoms with Crippen molar-refractivity contribution in [3.05, 3.63) is 51.8 Å². The summed E-state index contributed by atoms with van der Waals surface area (Å²) >= 11 is 0. The zero-order valence-electron chi connectivity index (χ0n) is 13.9. The van der Waals surface area contributed by atoms with Crippen LogP contribution in [0.1, 0.15) is 22.8 Å². The first-order chi connectivity index (χ1) is 11.9. The third-order valence-electron chi connectivity index (χ3n) is 4.59. The Hall–Kier alpha value is -2.64. The van der Waals surface area contributed by atoms with Gasteiger partial charge in [-0.05, 0) is 35.7 Å². The lowest BCUT2D eigenvalue weighted by Gasteiger charge is -2.18. The van der Waals surface area contributed by atoms with Gasteiger partial charge in [-0.15, -0.1) is 0 Å². The number of carbonyl (C=O) groups is 1. The van der Waals surface area contributed by atoms with Crippen molar-refractivity contribution in [1.29, 1.82) is 0 Å². The quantitative estimate of drug-likeness (QED) is 0.652. The monoisotopic (exact) mass is 343 g/mol. The largest absolute Gasteiger partial charge is 0.477 e. The molecule has 25 heavy (non-hydrogen) atoms. The minimum absolute atomic E-state index is 0.253. The number of nitrogens with zero attached hydrogens (tertiary/aromatic N) is 1. The van der Waals surface area contributed by atoms with E-state index in [-0.39, 0.29) is 11.6 Å². The average Bonchev–Trinajstić information content (AvgIpc) is 2.93. The van der Waals surface area contributed by atoms with Crippen LogP contribution in [-0.4, -0.2) is 46.4 Å². The number of aliphatic hydroxyl groups excluding tert-OH is 1. The second kappa shape index (κ2) is 6.70. The number of rotatable bonds is 4. The number of aliphatic hydroxyl groups is 1. The summed E-state index contributed by atoms with van der Waals surface area (Å²) < 4.78 is 0. The summed E-state index contributed by atoms with van der Waals surface area (Å²) in [6.07, 6.45) is 0.0627. The molecule has 1 fully saturated rings. The third-order valence-corrected chi connectivity index (χ3v) is 4.59. The molecule has 2 atom stereocenters. The van der Waals surface area contributed by atoms with Crippen molar-refractivity contribution in [3.8, 4) is 11.3 Å². The van der Waals surface area contributed by atoms with Gasteiger partial charge in [0.1, 0.15) is 5.56 Å². The standard InChI is InChI=1S/C18H21N3O4/c1-2-10-7-13(18(24)25)17(23)20-16(10)11-3-5-12(6-4-11)21-8-14(19)15(22)9-21/h3-7,14-15,22H,2,8-9,19H2,1H3,(H,20,23)(H,24,25)/t14-,15-/m0/s1. The second-order valence-corrected chi connectivity index (χ2v) is 6.25. The van der Waals surface area contributed by atoms with E-state index in [4.69, 9.17) is 10.8 Å². The predicted octanol–water partition coefficient (Wildman–Crippen LogP) is 0.811. The van der Waals surface area contributed by atoms with Crippen LogP contribution in [0.15, 0.2) is 35.1 Å². The minimum Gasteiger partial charge on any atom is -0.477 e. The molecule has 1 aromatic carbocycles. The maximum absolute atomic E-state index is 12.0. The van der Waals surface area contributed by atoms with Gasteiger partial charge in [0.25, 0.3) is 5.56 Å². The van der Waals surface area contributed by atoms with Gasteiger partial charge in [0.05, 0.1) is 11.8 Å². The van der Waals surface area contributed by atoms with Crippen molar-refractivity contribution in [2.45, 2.75) is 25.5 Å². The lowest BCUT2D eigenvalue weighted by Crippen LogP contribution is -2.32. The van der Waals surface area contributed by atoms with Crippen molar-refractivity contribution in [3.63, 3.8) is 0 Å². The Bertz CT molecular complexity index is 834. The minimum atomic E-state index is -1.23. The SMILES string of the molecule is CCc1cc(C(=O)O)c(=O)[nH]c1-c1ccc(N2C[C@H](N)[C@@H](O)C2)cc1. The Morgan fingerprint density at radius 1 is 1.32 bits per heavy atom. The Kier molecular flexibility index (Phi) is 4.61. The smallest absolute Gasteiger partial charge is 0.341 e. The number of hydrogen-bond donors (Lipinski definition) is 4. The molecule has 2 aromatic rings. The summed E-state index contributed by atoms with van der Waals surface area (Å²) in [4.78, 5) is 27.8. The van der Waals surface area contributed by atoms with Gasteiger partial charge in [-0.3, -0.25) is 4.79 Å². The number of benzene rings is 1. The summed E-state index contributed by atoms with van der Waals surface area (Å²) in [6, 6.07) is 8.73. The van der Waals surface area contributed by atoms with Crippen LogP contribution < -0.4 is 16.2 Å². The number of aromatic nitrogens is 1. The molecule has 7 heteroatoms. The number of nitrogens with one attached hydrogen (secondary N) is 1. The molecule has 1 saturated heterocycles. The van der Waals surface area contributed by atoms with Gasteiger partial charge in [-0.25, -0.2) is 4.79 Å². The number of aryl methyl sites for hydroxylation is 1. The molecule has 0 saturated carbocycles. The first kappa shape index (κ1) is 17.2. The molecule has 2 heterocycles. The van der Waals surface area contributed by atoms with Crippen molar-refractivity contribution >= 4 is 11.7 Å². The summed E-state index contributed by atoms with van der Waals surface area (Å²) in [7, 11) is 0. The molecule has 1 aromatic heterocycles. The fourth-order valence-corrected chi connectivity index (χ4v) is 3.13. The number of H-pyrrole nitrogens is 1. The Labute approximate surface area is 144 Å². The normalized spacial score (nSPS) is 20.0. The highest BCUT2D eigenvalue weighted by Gasteiger charge is 2.28. The molecule has 1 aliphatic heterocycles. The van der Waals surface area contributed by atoms with Crippen LogP contribution in [-0.2, 0) is 6.42 Å². The number of pyridine rings is 1. The van der Waals surface area contributed by atoms with Gasteiger partial charge in [-0.2, -0.15) is 0 Å². The Morgan fingerprint density at radius 3 is 2.52 bits per heavy atom. The summed E-state index contributed by atoms with van der Waals surface area (Å²) in [5, 5.41) is 18.9. The van der Waals surface area contributed by atoms with E-state index in [1.165, 1.54) is 6.07 Å². The Morgan fingerprint density at radius 2 is 2.00 bits per heavy atom. The number of aromatic carboxylic acids is 1. The highest BCUT2D eigenvalue weighted by atomic mass is 16.4. The molecule has 0 unspecified atom stereocenters. The lowest BCUT2D eigenvalue weighted by molar-refractivity contribution is 0.0695. The van der Waals surface area contributed by atoms with Gasteiger partial charge >= 0.3 is 5.97 Å². The number of β-amino-alcohol motifs (C(OH)–C–C–N with tert-alkyl or cyclic N) is 1. The van der Waals surface area contributed by atoms with Crippen LogP contribution in [0.5, 0.6) is 0 Å². The van der Waals surface area contributed by atoms with Crippen molar-refractivity contribution in [2.75, 3.05) is 18.0 Å². The number of anilines is 1. The maximum atomic E-state index is 12.0. The molecule has 3 rings (SSSR count). The third kappa shape index (κ3) is 3.29. The van der Waals surface area contributed by atoms with E-state index >= 15 is 0 Å². The highest BCUT2D eigenvalue weighted by molar-refractivity contribution is 5.88. The Balaban J connectivity index is 1.94. The molecule has 1 aliphatic rings. The molecule has 0 amide bonds. The number of aromatic amines is 1. The van der Waals surface area contributed by atoms with Gasteiger partial charge in [-0.1, -0.05) is 19.1 Å². The molecule has 0 aliphatic carbocycles. The number of carboxylic acids is 1. The van der Waals surface area contributed by atoms with Gasteiger partial charge < -0.3 is 25.8 Å². The fourth-order valence-electron chi connectivity index (χ4n) is 3.13. The van der Waals surface area contributed by atoms with E-state index < -0.39 is 17.6 Å². The fraction of sp³-hybridized carbons (Fsp3) is 0.333. The van der Waals surface area contributed by atoms with Crippen molar-refractivity contribution < 1.29 is 15.0 Å². The molecule has 0 spiro atoms. The number of carboxylic acid groups (broad SMARTS) is 1. The molecule has 0 radical (unpaired) electrons. The van der Waals surface area contributed by atoms with E-state index in [2.05, 4.69) is 4.98 Å². The van der Waals surface area contributed by atoms with E-state index in [9.17, 15) is 14.7 Å².